The number of fused-ring (bicyclic) bond motifs is 1. The zero-order valence-corrected chi connectivity index (χ0v) is 12.0. The molecule has 1 aliphatic rings. The summed E-state index contributed by atoms with van der Waals surface area (Å²) in [4.78, 5) is 40.7. The molecule has 1 saturated carbocycles. The Balaban J connectivity index is 2.22. The van der Waals surface area contributed by atoms with Crippen molar-refractivity contribution in [3.05, 3.63) is 39.9 Å². The molecule has 1 aromatic carbocycles. The van der Waals surface area contributed by atoms with Crippen LogP contribution in [0.5, 0.6) is 0 Å². The van der Waals surface area contributed by atoms with E-state index in [4.69, 9.17) is 0 Å². The summed E-state index contributed by atoms with van der Waals surface area (Å²) in [7, 11) is 0. The van der Waals surface area contributed by atoms with Crippen molar-refractivity contribution in [2.24, 2.45) is 0 Å². The first-order valence-corrected chi connectivity index (χ1v) is 7.02. The Morgan fingerprint density at radius 3 is 2.67 bits per heavy atom. The maximum Gasteiger partial charge on any atom is 0.262 e. The van der Waals surface area contributed by atoms with E-state index in [1.54, 1.807) is 13.0 Å². The van der Waals surface area contributed by atoms with Crippen LogP contribution in [-0.2, 0) is 9.59 Å². The normalized spacial score (nSPS) is 19.2. The summed E-state index contributed by atoms with van der Waals surface area (Å²) < 4.78 is 1.45. The number of nitrogens with zero attached hydrogens (tertiary/aromatic N) is 2. The van der Waals surface area contributed by atoms with Crippen LogP contribution in [-0.4, -0.2) is 21.1 Å². The van der Waals surface area contributed by atoms with E-state index in [-0.39, 0.29) is 23.5 Å². The zero-order valence-electron chi connectivity index (χ0n) is 12.0. The fourth-order valence-corrected chi connectivity index (χ4v) is 2.97. The molecule has 5 nitrogen and oxygen atoms in total. The number of hydrogen-bond acceptors (Lipinski definition) is 4. The molecule has 108 valence electrons. The van der Waals surface area contributed by atoms with Gasteiger partial charge in [0, 0.05) is 6.42 Å². The molecule has 1 unspecified atom stereocenters. The predicted octanol–water partition coefficient (Wildman–Crippen LogP) is 1.88. The molecular weight excluding hydrogens is 268 g/mol. The number of para-hydroxylation sites is 1. The van der Waals surface area contributed by atoms with E-state index in [1.165, 1.54) is 4.57 Å². The first-order chi connectivity index (χ1) is 9.99. The number of rotatable bonds is 1. The standard InChI is InChI=1S/C16H16N2O3/c1-9-4-3-5-12-15(9)17-10(2)18(16(12)21)13-7-6-11(19)8-14(13)20/h3-5,13H,6-8H2,1-2H3. The minimum absolute atomic E-state index is 0.0495. The third-order valence-corrected chi connectivity index (χ3v) is 4.06. The van der Waals surface area contributed by atoms with Crippen LogP contribution in [0.4, 0.5) is 0 Å². The second-order valence-electron chi connectivity index (χ2n) is 5.54. The van der Waals surface area contributed by atoms with Gasteiger partial charge in [-0.1, -0.05) is 12.1 Å². The first-order valence-electron chi connectivity index (χ1n) is 7.02. The summed E-state index contributed by atoms with van der Waals surface area (Å²) in [5.74, 6) is 0.284. The largest absolute Gasteiger partial charge is 0.299 e. The van der Waals surface area contributed by atoms with Crippen molar-refractivity contribution in [2.45, 2.75) is 39.2 Å². The lowest BCUT2D eigenvalue weighted by molar-refractivity contribution is -0.132. The number of ketones is 2. The molecule has 21 heavy (non-hydrogen) atoms. The van der Waals surface area contributed by atoms with Gasteiger partial charge in [0.15, 0.2) is 5.78 Å². The van der Waals surface area contributed by atoms with Crippen LogP contribution in [0.1, 0.15) is 36.7 Å². The van der Waals surface area contributed by atoms with Crippen molar-refractivity contribution in [1.29, 1.82) is 0 Å². The average molecular weight is 284 g/mol. The van der Waals surface area contributed by atoms with Crippen LogP contribution in [0, 0.1) is 13.8 Å². The van der Waals surface area contributed by atoms with Gasteiger partial charge < -0.3 is 0 Å². The fourth-order valence-electron chi connectivity index (χ4n) is 2.97. The highest BCUT2D eigenvalue weighted by Gasteiger charge is 2.30. The lowest BCUT2D eigenvalue weighted by atomic mass is 9.92. The van der Waals surface area contributed by atoms with Crippen molar-refractivity contribution in [3.63, 3.8) is 0 Å². The van der Waals surface area contributed by atoms with E-state index >= 15 is 0 Å². The van der Waals surface area contributed by atoms with Gasteiger partial charge in [-0.25, -0.2) is 4.98 Å². The van der Waals surface area contributed by atoms with Gasteiger partial charge in [0.1, 0.15) is 11.6 Å². The van der Waals surface area contributed by atoms with Gasteiger partial charge in [0.05, 0.1) is 23.4 Å². The van der Waals surface area contributed by atoms with Gasteiger partial charge in [0.2, 0.25) is 0 Å². The first kappa shape index (κ1) is 13.7. The second kappa shape index (κ2) is 4.91. The lowest BCUT2D eigenvalue weighted by Gasteiger charge is -2.24. The molecule has 1 aliphatic carbocycles. The van der Waals surface area contributed by atoms with Crippen molar-refractivity contribution in [2.75, 3.05) is 0 Å². The molecule has 1 atom stereocenters. The van der Waals surface area contributed by atoms with Crippen LogP contribution in [0.3, 0.4) is 0 Å². The van der Waals surface area contributed by atoms with Crippen molar-refractivity contribution >= 4 is 22.5 Å². The van der Waals surface area contributed by atoms with E-state index < -0.39 is 6.04 Å². The smallest absolute Gasteiger partial charge is 0.262 e. The van der Waals surface area contributed by atoms with Gasteiger partial charge in [0.25, 0.3) is 5.56 Å². The second-order valence-corrected chi connectivity index (χ2v) is 5.54. The summed E-state index contributed by atoms with van der Waals surface area (Å²) in [6, 6.07) is 4.88. The SMILES string of the molecule is Cc1cccc2c(=O)n(C3CCC(=O)CC3=O)c(C)nc12. The van der Waals surface area contributed by atoms with Gasteiger partial charge >= 0.3 is 0 Å². The molecule has 0 radical (unpaired) electrons. The number of benzene rings is 1. The monoisotopic (exact) mass is 284 g/mol. The Morgan fingerprint density at radius 2 is 1.95 bits per heavy atom. The van der Waals surface area contributed by atoms with Crippen molar-refractivity contribution in [1.82, 2.24) is 9.55 Å². The Morgan fingerprint density at radius 1 is 1.19 bits per heavy atom. The molecule has 0 aliphatic heterocycles. The zero-order chi connectivity index (χ0) is 15.1. The molecular formula is C16H16N2O3. The van der Waals surface area contributed by atoms with E-state index in [0.29, 0.717) is 29.6 Å². The summed E-state index contributed by atoms with van der Waals surface area (Å²) >= 11 is 0. The molecule has 1 heterocycles. The molecule has 0 saturated heterocycles. The molecule has 0 bridgehead atoms. The average Bonchev–Trinajstić information content (AvgIpc) is 2.42. The highest BCUT2D eigenvalue weighted by Crippen LogP contribution is 2.24. The molecule has 1 fully saturated rings. The Hall–Kier alpha value is -2.30. The summed E-state index contributed by atoms with van der Waals surface area (Å²) in [6.45, 7) is 3.64. The third-order valence-electron chi connectivity index (χ3n) is 4.06. The minimum Gasteiger partial charge on any atom is -0.299 e. The third kappa shape index (κ3) is 2.18. The molecule has 0 amide bonds. The minimum atomic E-state index is -0.562. The van der Waals surface area contributed by atoms with Crippen LogP contribution >= 0.6 is 0 Å². The topological polar surface area (TPSA) is 69.0 Å². The molecule has 3 rings (SSSR count). The highest BCUT2D eigenvalue weighted by atomic mass is 16.2. The van der Waals surface area contributed by atoms with Gasteiger partial charge in [-0.2, -0.15) is 0 Å². The quantitative estimate of drug-likeness (QED) is 0.750. The summed E-state index contributed by atoms with van der Waals surface area (Å²) in [6.07, 6.45) is 0.647. The molecule has 0 spiro atoms. The van der Waals surface area contributed by atoms with Crippen LogP contribution < -0.4 is 5.56 Å². The molecule has 2 aromatic rings. The van der Waals surface area contributed by atoms with E-state index in [9.17, 15) is 14.4 Å². The number of carbonyl (C=O) groups excluding carboxylic acids is 2. The van der Waals surface area contributed by atoms with E-state index in [1.807, 2.05) is 19.1 Å². The molecule has 5 heteroatoms. The van der Waals surface area contributed by atoms with Gasteiger partial charge in [-0.05, 0) is 31.9 Å². The number of aromatic nitrogens is 2. The summed E-state index contributed by atoms with van der Waals surface area (Å²) in [5, 5.41) is 0.519. The lowest BCUT2D eigenvalue weighted by Crippen LogP contribution is -2.36. The maximum atomic E-state index is 12.7. The van der Waals surface area contributed by atoms with Gasteiger partial charge in [-0.3, -0.25) is 19.0 Å². The van der Waals surface area contributed by atoms with Crippen LogP contribution in [0.15, 0.2) is 23.0 Å². The number of carbonyl (C=O) groups is 2. The fraction of sp³-hybridized carbons (Fsp3) is 0.375. The Labute approximate surface area is 121 Å². The van der Waals surface area contributed by atoms with Crippen molar-refractivity contribution < 1.29 is 9.59 Å². The summed E-state index contributed by atoms with van der Waals surface area (Å²) in [5.41, 5.74) is 1.41. The number of Topliss-reactive ketones (excluding diaryl/α,β-unsaturated/α-hetero) is 2. The Kier molecular flexibility index (Phi) is 3.20. The van der Waals surface area contributed by atoms with Crippen LogP contribution in [0.25, 0.3) is 10.9 Å². The molecule has 0 N–H and O–H groups in total. The maximum absolute atomic E-state index is 12.7. The van der Waals surface area contributed by atoms with Crippen molar-refractivity contribution in [3.8, 4) is 0 Å². The highest BCUT2D eigenvalue weighted by molar-refractivity contribution is 6.03. The van der Waals surface area contributed by atoms with E-state index in [2.05, 4.69) is 4.98 Å². The van der Waals surface area contributed by atoms with Gasteiger partial charge in [-0.15, -0.1) is 0 Å². The molecule has 1 aromatic heterocycles. The predicted molar refractivity (Wildman–Crippen MR) is 78.4 cm³/mol. The number of hydrogen-bond donors (Lipinski definition) is 0. The van der Waals surface area contributed by atoms with Crippen LogP contribution in [0.2, 0.25) is 0 Å². The Bertz CT molecular complexity index is 820. The van der Waals surface area contributed by atoms with E-state index in [0.717, 1.165) is 5.56 Å². The number of aryl methyl sites for hydroxylation is 2.